The van der Waals surface area contributed by atoms with Gasteiger partial charge in [0.25, 0.3) is 0 Å². The van der Waals surface area contributed by atoms with E-state index >= 15 is 0 Å². The molecule has 1 amide bonds. The van der Waals surface area contributed by atoms with Crippen LogP contribution in [0.2, 0.25) is 10.0 Å². The predicted octanol–water partition coefficient (Wildman–Crippen LogP) is 4.53. The van der Waals surface area contributed by atoms with Crippen LogP contribution in [0.25, 0.3) is 11.3 Å². The van der Waals surface area contributed by atoms with Crippen molar-refractivity contribution in [3.63, 3.8) is 0 Å². The number of hydrogen-bond donors (Lipinski definition) is 1. The number of anilines is 1. The lowest BCUT2D eigenvalue weighted by Crippen LogP contribution is -2.22. The number of aromatic nitrogens is 1. The Kier molecular flexibility index (Phi) is 5.62. The monoisotopic (exact) mass is 426 g/mol. The molecule has 1 aromatic heterocycles. The summed E-state index contributed by atoms with van der Waals surface area (Å²) in [6.07, 6.45) is 0. The highest BCUT2D eigenvalue weighted by Gasteiger charge is 2.20. The van der Waals surface area contributed by atoms with Gasteiger partial charge in [0.1, 0.15) is 5.75 Å². The quantitative estimate of drug-likeness (QED) is 0.649. The molecule has 134 valence electrons. The molecule has 0 aliphatic heterocycles. The van der Waals surface area contributed by atoms with Crippen LogP contribution < -0.4 is 5.32 Å². The Hall–Kier alpha value is -1.93. The van der Waals surface area contributed by atoms with Gasteiger partial charge >= 0.3 is 0 Å². The average molecular weight is 427 g/mol. The van der Waals surface area contributed by atoms with E-state index in [0.29, 0.717) is 26.4 Å². The van der Waals surface area contributed by atoms with Crippen LogP contribution >= 0.6 is 34.5 Å². The molecule has 26 heavy (non-hydrogen) atoms. The Bertz CT molecular complexity index is 1050. The Morgan fingerprint density at radius 2 is 1.85 bits per heavy atom. The maximum atomic E-state index is 12.2. The zero-order valence-electron chi connectivity index (χ0n) is 13.1. The summed E-state index contributed by atoms with van der Waals surface area (Å²) in [5, 5.41) is 5.46. The average Bonchev–Trinajstić information content (AvgIpc) is 3.03. The molecule has 0 atom stereocenters. The topological polar surface area (TPSA) is 76.1 Å². The standard InChI is InChI=1S/C17H12Cl2N2O3S2/c18-11-6-7-13(14(19)8-11)15-9-25-17(20-15)21-16(22)10-26(23,24)12-4-2-1-3-5-12/h1-9H,10H2,(H,20,21,22). The molecule has 0 fully saturated rings. The van der Waals surface area contributed by atoms with Crippen LogP contribution in [-0.4, -0.2) is 25.1 Å². The number of hydrogen-bond acceptors (Lipinski definition) is 5. The molecule has 0 saturated carbocycles. The highest BCUT2D eigenvalue weighted by atomic mass is 35.5. The van der Waals surface area contributed by atoms with Crippen molar-refractivity contribution < 1.29 is 13.2 Å². The first-order valence-electron chi connectivity index (χ1n) is 7.34. The zero-order valence-corrected chi connectivity index (χ0v) is 16.3. The number of benzene rings is 2. The van der Waals surface area contributed by atoms with Crippen LogP contribution in [0.1, 0.15) is 0 Å². The lowest BCUT2D eigenvalue weighted by atomic mass is 10.2. The van der Waals surface area contributed by atoms with Gasteiger partial charge in [0, 0.05) is 16.0 Å². The first-order valence-corrected chi connectivity index (χ1v) is 10.6. The van der Waals surface area contributed by atoms with E-state index in [1.165, 1.54) is 23.5 Å². The van der Waals surface area contributed by atoms with Gasteiger partial charge in [0.2, 0.25) is 5.91 Å². The Morgan fingerprint density at radius 1 is 1.12 bits per heavy atom. The number of carbonyl (C=O) groups excluding carboxylic acids is 1. The SMILES string of the molecule is O=C(CS(=O)(=O)c1ccccc1)Nc1nc(-c2ccc(Cl)cc2Cl)cs1. The van der Waals surface area contributed by atoms with Crippen LogP contribution in [0, 0.1) is 0 Å². The van der Waals surface area contributed by atoms with Gasteiger partial charge in [-0.15, -0.1) is 11.3 Å². The fourth-order valence-electron chi connectivity index (χ4n) is 2.19. The van der Waals surface area contributed by atoms with Gasteiger partial charge in [-0.3, -0.25) is 4.79 Å². The maximum Gasteiger partial charge on any atom is 0.241 e. The smallest absolute Gasteiger partial charge is 0.241 e. The lowest BCUT2D eigenvalue weighted by Gasteiger charge is -2.04. The summed E-state index contributed by atoms with van der Waals surface area (Å²) in [6.45, 7) is 0. The van der Waals surface area contributed by atoms with Crippen molar-refractivity contribution >= 4 is 55.4 Å². The van der Waals surface area contributed by atoms with Crippen molar-refractivity contribution in [2.24, 2.45) is 0 Å². The fraction of sp³-hybridized carbons (Fsp3) is 0.0588. The van der Waals surface area contributed by atoms with E-state index in [1.807, 2.05) is 0 Å². The van der Waals surface area contributed by atoms with E-state index in [4.69, 9.17) is 23.2 Å². The van der Waals surface area contributed by atoms with Gasteiger partial charge in [-0.25, -0.2) is 13.4 Å². The van der Waals surface area contributed by atoms with Crippen molar-refractivity contribution in [3.05, 3.63) is 64.0 Å². The molecule has 0 radical (unpaired) electrons. The largest absolute Gasteiger partial charge is 0.301 e. The minimum atomic E-state index is -3.71. The van der Waals surface area contributed by atoms with Gasteiger partial charge in [0.15, 0.2) is 15.0 Å². The third-order valence-corrected chi connectivity index (χ3v) is 6.32. The van der Waals surface area contributed by atoms with E-state index in [0.717, 1.165) is 0 Å². The summed E-state index contributed by atoms with van der Waals surface area (Å²) in [4.78, 5) is 16.5. The number of sulfone groups is 1. The molecule has 2 aromatic carbocycles. The number of halogens is 2. The molecule has 3 rings (SSSR count). The number of rotatable bonds is 5. The van der Waals surface area contributed by atoms with Crippen molar-refractivity contribution in [1.29, 1.82) is 0 Å². The minimum absolute atomic E-state index is 0.0999. The van der Waals surface area contributed by atoms with E-state index in [-0.39, 0.29) is 4.90 Å². The van der Waals surface area contributed by atoms with Crippen molar-refractivity contribution in [2.45, 2.75) is 4.90 Å². The summed E-state index contributed by atoms with van der Waals surface area (Å²) in [5.74, 6) is -1.31. The molecule has 0 unspecified atom stereocenters. The van der Waals surface area contributed by atoms with Crippen molar-refractivity contribution in [3.8, 4) is 11.3 Å². The molecular weight excluding hydrogens is 415 g/mol. The summed E-state index contributed by atoms with van der Waals surface area (Å²) >= 11 is 13.2. The molecule has 3 aromatic rings. The van der Waals surface area contributed by atoms with Crippen LogP contribution in [0.3, 0.4) is 0 Å². The Balaban J connectivity index is 1.72. The van der Waals surface area contributed by atoms with Gasteiger partial charge in [-0.05, 0) is 30.3 Å². The molecule has 1 N–H and O–H groups in total. The van der Waals surface area contributed by atoms with Crippen LogP contribution in [-0.2, 0) is 14.6 Å². The van der Waals surface area contributed by atoms with Crippen molar-refractivity contribution in [1.82, 2.24) is 4.98 Å². The maximum absolute atomic E-state index is 12.2. The first-order chi connectivity index (χ1) is 12.3. The summed E-state index contributed by atoms with van der Waals surface area (Å²) in [5.41, 5.74) is 1.24. The van der Waals surface area contributed by atoms with Gasteiger partial charge in [0.05, 0.1) is 15.6 Å². The lowest BCUT2D eigenvalue weighted by molar-refractivity contribution is -0.113. The number of carbonyl (C=O) groups is 1. The molecule has 0 aliphatic rings. The Labute approximate surface area is 164 Å². The van der Waals surface area contributed by atoms with E-state index in [1.54, 1.807) is 41.8 Å². The summed E-state index contributed by atoms with van der Waals surface area (Å²) in [7, 11) is -3.71. The second-order valence-corrected chi connectivity index (χ2v) is 8.97. The van der Waals surface area contributed by atoms with E-state index in [2.05, 4.69) is 10.3 Å². The summed E-state index contributed by atoms with van der Waals surface area (Å²) in [6, 6.07) is 12.8. The van der Waals surface area contributed by atoms with Crippen LogP contribution in [0.4, 0.5) is 5.13 Å². The molecule has 0 saturated heterocycles. The molecule has 9 heteroatoms. The number of amides is 1. The van der Waals surface area contributed by atoms with E-state index in [9.17, 15) is 13.2 Å². The summed E-state index contributed by atoms with van der Waals surface area (Å²) < 4.78 is 24.5. The third kappa shape index (κ3) is 4.42. The number of thiazole rings is 1. The molecule has 0 aliphatic carbocycles. The number of nitrogens with zero attached hydrogens (tertiary/aromatic N) is 1. The number of nitrogens with one attached hydrogen (secondary N) is 1. The highest BCUT2D eigenvalue weighted by Crippen LogP contribution is 2.32. The van der Waals surface area contributed by atoms with Gasteiger partial charge in [-0.1, -0.05) is 41.4 Å². The third-order valence-electron chi connectivity index (χ3n) is 3.38. The second kappa shape index (κ2) is 7.75. The van der Waals surface area contributed by atoms with Gasteiger partial charge < -0.3 is 5.32 Å². The van der Waals surface area contributed by atoms with Crippen molar-refractivity contribution in [2.75, 3.05) is 11.1 Å². The fourth-order valence-corrected chi connectivity index (χ4v) is 4.58. The van der Waals surface area contributed by atoms with E-state index < -0.39 is 21.5 Å². The first kappa shape index (κ1) is 18.8. The molecule has 1 heterocycles. The highest BCUT2D eigenvalue weighted by molar-refractivity contribution is 7.92. The molecule has 0 bridgehead atoms. The Morgan fingerprint density at radius 3 is 2.54 bits per heavy atom. The zero-order chi connectivity index (χ0) is 18.7. The second-order valence-electron chi connectivity index (χ2n) is 5.28. The predicted molar refractivity (Wildman–Crippen MR) is 105 cm³/mol. The molecule has 0 spiro atoms. The molecular formula is C17H12Cl2N2O3S2. The normalized spacial score (nSPS) is 11.3. The van der Waals surface area contributed by atoms with Crippen LogP contribution in [0.5, 0.6) is 0 Å². The van der Waals surface area contributed by atoms with Crippen LogP contribution in [0.15, 0.2) is 58.8 Å². The minimum Gasteiger partial charge on any atom is -0.301 e. The van der Waals surface area contributed by atoms with Gasteiger partial charge in [-0.2, -0.15) is 0 Å². The molecule has 5 nitrogen and oxygen atoms in total.